The van der Waals surface area contributed by atoms with Crippen LogP contribution in [-0.4, -0.2) is 41.5 Å². The van der Waals surface area contributed by atoms with Crippen LogP contribution in [0.2, 0.25) is 5.02 Å². The van der Waals surface area contributed by atoms with Gasteiger partial charge in [0.05, 0.1) is 21.6 Å². The third-order valence-corrected chi connectivity index (χ3v) is 3.80. The van der Waals surface area contributed by atoms with E-state index in [4.69, 9.17) is 16.3 Å². The molecule has 7 heteroatoms. The third kappa shape index (κ3) is 3.96. The maximum Gasteiger partial charge on any atom is 0.270 e. The summed E-state index contributed by atoms with van der Waals surface area (Å²) in [5, 5.41) is 10.8. The van der Waals surface area contributed by atoms with Crippen LogP contribution in [0, 0.1) is 16.0 Å². The first kappa shape index (κ1) is 16.7. The molecule has 1 fully saturated rings. The van der Waals surface area contributed by atoms with Gasteiger partial charge in [0.1, 0.15) is 0 Å². The number of nitro groups is 1. The molecule has 0 aliphatic carbocycles. The zero-order valence-electron chi connectivity index (χ0n) is 12.6. The van der Waals surface area contributed by atoms with Gasteiger partial charge in [-0.2, -0.15) is 0 Å². The van der Waals surface area contributed by atoms with Crippen molar-refractivity contribution >= 4 is 23.2 Å². The van der Waals surface area contributed by atoms with Crippen molar-refractivity contribution in [3.05, 3.63) is 38.9 Å². The quantitative estimate of drug-likeness (QED) is 0.615. The van der Waals surface area contributed by atoms with E-state index in [0.29, 0.717) is 25.6 Å². The van der Waals surface area contributed by atoms with Gasteiger partial charge in [0, 0.05) is 31.8 Å². The second-order valence-electron chi connectivity index (χ2n) is 5.81. The summed E-state index contributed by atoms with van der Waals surface area (Å²) in [5.74, 6) is 0.240. The summed E-state index contributed by atoms with van der Waals surface area (Å²) in [6.07, 6.45) is 0.839. The molecule has 0 N–H and O–H groups in total. The molecular weight excluding hydrogens is 308 g/mol. The lowest BCUT2D eigenvalue weighted by atomic mass is 10.2. The molecule has 1 heterocycles. The number of amides is 1. The number of rotatable bonds is 5. The largest absolute Gasteiger partial charge is 0.376 e. The van der Waals surface area contributed by atoms with Gasteiger partial charge in [-0.15, -0.1) is 0 Å². The normalized spacial score (nSPS) is 18.0. The Hall–Kier alpha value is -1.66. The summed E-state index contributed by atoms with van der Waals surface area (Å²) in [6, 6.07) is 3.91. The van der Waals surface area contributed by atoms with Crippen LogP contribution < -0.4 is 0 Å². The number of likely N-dealkylation sites (tertiary alicyclic amines) is 1. The molecule has 6 nitrogen and oxygen atoms in total. The molecule has 120 valence electrons. The number of non-ortho nitro benzene ring substituents is 1. The van der Waals surface area contributed by atoms with Crippen molar-refractivity contribution in [1.29, 1.82) is 0 Å². The number of halogens is 1. The second-order valence-corrected chi connectivity index (χ2v) is 6.22. The van der Waals surface area contributed by atoms with E-state index in [9.17, 15) is 14.9 Å². The lowest BCUT2D eigenvalue weighted by molar-refractivity contribution is -0.384. The van der Waals surface area contributed by atoms with Crippen molar-refractivity contribution in [1.82, 2.24) is 4.90 Å². The predicted molar refractivity (Wildman–Crippen MR) is 83.2 cm³/mol. The fourth-order valence-corrected chi connectivity index (χ4v) is 2.59. The highest BCUT2D eigenvalue weighted by molar-refractivity contribution is 6.34. The van der Waals surface area contributed by atoms with Crippen molar-refractivity contribution in [3.63, 3.8) is 0 Å². The van der Waals surface area contributed by atoms with Crippen molar-refractivity contribution in [2.24, 2.45) is 5.92 Å². The van der Waals surface area contributed by atoms with E-state index < -0.39 is 4.92 Å². The molecule has 1 aliphatic heterocycles. The highest BCUT2D eigenvalue weighted by Gasteiger charge is 2.29. The molecule has 1 aliphatic rings. The Morgan fingerprint density at radius 2 is 2.27 bits per heavy atom. The van der Waals surface area contributed by atoms with Crippen molar-refractivity contribution in [2.45, 2.75) is 26.4 Å². The maximum atomic E-state index is 12.4. The van der Waals surface area contributed by atoms with Crippen LogP contribution in [0.1, 0.15) is 30.6 Å². The van der Waals surface area contributed by atoms with Gasteiger partial charge >= 0.3 is 0 Å². The molecule has 0 saturated carbocycles. The molecule has 0 bridgehead atoms. The van der Waals surface area contributed by atoms with Gasteiger partial charge in [0.15, 0.2) is 0 Å². The highest BCUT2D eigenvalue weighted by Crippen LogP contribution is 2.25. The molecule has 1 saturated heterocycles. The van der Waals surface area contributed by atoms with Gasteiger partial charge < -0.3 is 9.64 Å². The zero-order valence-corrected chi connectivity index (χ0v) is 13.4. The molecule has 2 rings (SSSR count). The Bertz CT molecular complexity index is 577. The summed E-state index contributed by atoms with van der Waals surface area (Å²) in [5.41, 5.74) is 0.165. The Morgan fingerprint density at radius 1 is 1.55 bits per heavy atom. The summed E-state index contributed by atoms with van der Waals surface area (Å²) in [6.45, 7) is 5.96. The molecule has 0 aromatic heterocycles. The number of hydrogen-bond acceptors (Lipinski definition) is 4. The lowest BCUT2D eigenvalue weighted by Gasteiger charge is -2.18. The molecule has 0 spiro atoms. The maximum absolute atomic E-state index is 12.4. The van der Waals surface area contributed by atoms with Gasteiger partial charge in [-0.1, -0.05) is 25.4 Å². The average molecular weight is 327 g/mol. The van der Waals surface area contributed by atoms with Crippen LogP contribution >= 0.6 is 11.6 Å². The fourth-order valence-electron chi connectivity index (χ4n) is 2.34. The number of nitrogens with zero attached hydrogens (tertiary/aromatic N) is 2. The second kappa shape index (κ2) is 7.07. The Morgan fingerprint density at radius 3 is 2.86 bits per heavy atom. The number of hydrogen-bond donors (Lipinski definition) is 0. The summed E-state index contributed by atoms with van der Waals surface area (Å²) >= 11 is 6.00. The van der Waals surface area contributed by atoms with E-state index in [2.05, 4.69) is 13.8 Å². The van der Waals surface area contributed by atoms with Crippen LogP contribution in [0.25, 0.3) is 0 Å². The average Bonchev–Trinajstić information content (AvgIpc) is 2.93. The van der Waals surface area contributed by atoms with Crippen LogP contribution in [0.5, 0.6) is 0 Å². The van der Waals surface area contributed by atoms with Crippen molar-refractivity contribution in [2.75, 3.05) is 19.7 Å². The number of carbonyl (C=O) groups excluding carboxylic acids is 1. The van der Waals surface area contributed by atoms with Crippen LogP contribution in [0.3, 0.4) is 0 Å². The van der Waals surface area contributed by atoms with Gasteiger partial charge in [0.2, 0.25) is 0 Å². The topological polar surface area (TPSA) is 72.7 Å². The van der Waals surface area contributed by atoms with E-state index in [1.807, 2.05) is 0 Å². The minimum absolute atomic E-state index is 0.0446. The SMILES string of the molecule is CC(C)CO[C@@H]1CCN(C(=O)c2ccc([N+](=O)[O-])cc2Cl)C1. The summed E-state index contributed by atoms with van der Waals surface area (Å²) in [7, 11) is 0. The van der Waals surface area contributed by atoms with E-state index in [-0.39, 0.29) is 28.3 Å². The molecule has 1 aromatic rings. The monoisotopic (exact) mass is 326 g/mol. The molecule has 1 amide bonds. The Kier molecular flexibility index (Phi) is 5.37. The smallest absolute Gasteiger partial charge is 0.270 e. The first-order valence-corrected chi connectivity index (χ1v) is 7.61. The number of nitro benzene ring substituents is 1. The third-order valence-electron chi connectivity index (χ3n) is 3.49. The molecular formula is C15H19ClN2O4. The predicted octanol–water partition coefficient (Wildman–Crippen LogP) is 3.14. The zero-order chi connectivity index (χ0) is 16.3. The van der Waals surface area contributed by atoms with Crippen LogP contribution in [0.15, 0.2) is 18.2 Å². The summed E-state index contributed by atoms with van der Waals surface area (Å²) in [4.78, 5) is 24.3. The van der Waals surface area contributed by atoms with E-state index in [1.54, 1.807) is 4.90 Å². The molecule has 0 radical (unpaired) electrons. The minimum Gasteiger partial charge on any atom is -0.376 e. The molecule has 1 aromatic carbocycles. The van der Waals surface area contributed by atoms with Gasteiger partial charge in [-0.25, -0.2) is 0 Å². The van der Waals surface area contributed by atoms with Crippen molar-refractivity contribution in [3.8, 4) is 0 Å². The summed E-state index contributed by atoms with van der Waals surface area (Å²) < 4.78 is 5.75. The van der Waals surface area contributed by atoms with Crippen LogP contribution in [0.4, 0.5) is 5.69 Å². The minimum atomic E-state index is -0.536. The van der Waals surface area contributed by atoms with Gasteiger partial charge in [-0.3, -0.25) is 14.9 Å². The van der Waals surface area contributed by atoms with Crippen molar-refractivity contribution < 1.29 is 14.5 Å². The number of carbonyl (C=O) groups is 1. The van der Waals surface area contributed by atoms with E-state index in [0.717, 1.165) is 6.42 Å². The van der Waals surface area contributed by atoms with E-state index >= 15 is 0 Å². The van der Waals surface area contributed by atoms with Gasteiger partial charge in [0.25, 0.3) is 11.6 Å². The molecule has 0 unspecified atom stereocenters. The number of ether oxygens (including phenoxy) is 1. The lowest BCUT2D eigenvalue weighted by Crippen LogP contribution is -2.30. The fraction of sp³-hybridized carbons (Fsp3) is 0.533. The first-order chi connectivity index (χ1) is 10.4. The molecule has 22 heavy (non-hydrogen) atoms. The Labute approximate surface area is 134 Å². The Balaban J connectivity index is 2.02. The van der Waals surface area contributed by atoms with E-state index in [1.165, 1.54) is 18.2 Å². The standard InChI is InChI=1S/C15H19ClN2O4/c1-10(2)9-22-12-5-6-17(8-12)15(19)13-4-3-11(18(20)21)7-14(13)16/h3-4,7,10,12H,5-6,8-9H2,1-2H3/t12-/m1/s1. The highest BCUT2D eigenvalue weighted by atomic mass is 35.5. The van der Waals surface area contributed by atoms with Gasteiger partial charge in [-0.05, 0) is 18.4 Å². The van der Waals surface area contributed by atoms with Crippen LogP contribution in [-0.2, 0) is 4.74 Å². The first-order valence-electron chi connectivity index (χ1n) is 7.23. The molecule has 1 atom stereocenters. The number of benzene rings is 1.